The molecule has 0 saturated carbocycles. The van der Waals surface area contributed by atoms with Crippen LogP contribution in [0.2, 0.25) is 0 Å². The van der Waals surface area contributed by atoms with Crippen molar-refractivity contribution in [3.05, 3.63) is 105 Å². The monoisotopic (exact) mass is 535 g/mol. The minimum Gasteiger partial charge on any atom is -0.321 e. The zero-order valence-electron chi connectivity index (χ0n) is 18.1. The van der Waals surface area contributed by atoms with Crippen LogP contribution in [-0.2, 0) is 16.0 Å². The highest BCUT2D eigenvalue weighted by Gasteiger charge is 2.40. The van der Waals surface area contributed by atoms with Crippen molar-refractivity contribution in [2.75, 3.05) is 10.2 Å². The number of carbonyl (C=O) groups is 2. The molecule has 2 amide bonds. The Morgan fingerprint density at radius 3 is 2.35 bits per heavy atom. The standard InChI is InChI=1S/C26H19BrFN3O2S/c1-16-2-12-21(13-3-16)31-25(33)23(14-17-4-6-18(27)7-5-17)34-26(31)22(15-29)24(32)30-20-10-8-19(28)9-11-20/h2-13,23H,14H2,1H3,(H,30,32)/b26-22+. The van der Waals surface area contributed by atoms with Gasteiger partial charge in [-0.3, -0.25) is 14.5 Å². The lowest BCUT2D eigenvalue weighted by Crippen LogP contribution is -2.30. The van der Waals surface area contributed by atoms with E-state index in [1.165, 1.54) is 40.9 Å². The van der Waals surface area contributed by atoms with Crippen LogP contribution in [-0.4, -0.2) is 17.1 Å². The first-order chi connectivity index (χ1) is 16.4. The number of thioether (sulfide) groups is 1. The Kier molecular flexibility index (Phi) is 7.15. The van der Waals surface area contributed by atoms with Gasteiger partial charge in [-0.25, -0.2) is 4.39 Å². The highest BCUT2D eigenvalue weighted by atomic mass is 79.9. The molecule has 1 atom stereocenters. The average molecular weight is 536 g/mol. The third-order valence-electron chi connectivity index (χ3n) is 5.23. The van der Waals surface area contributed by atoms with Gasteiger partial charge in [-0.1, -0.05) is 57.5 Å². The Labute approximate surface area is 209 Å². The third-order valence-corrected chi connectivity index (χ3v) is 7.03. The number of halogens is 2. The summed E-state index contributed by atoms with van der Waals surface area (Å²) < 4.78 is 14.2. The predicted molar refractivity (Wildman–Crippen MR) is 136 cm³/mol. The first-order valence-electron chi connectivity index (χ1n) is 10.4. The van der Waals surface area contributed by atoms with E-state index in [0.29, 0.717) is 17.8 Å². The highest BCUT2D eigenvalue weighted by molar-refractivity contribution is 9.10. The number of aryl methyl sites for hydroxylation is 1. The second-order valence-corrected chi connectivity index (χ2v) is 9.81. The largest absolute Gasteiger partial charge is 0.321 e. The molecule has 4 rings (SSSR count). The van der Waals surface area contributed by atoms with Crippen molar-refractivity contribution >= 4 is 50.9 Å². The Morgan fingerprint density at radius 1 is 1.09 bits per heavy atom. The molecule has 1 heterocycles. The summed E-state index contributed by atoms with van der Waals surface area (Å²) in [7, 11) is 0. The van der Waals surface area contributed by atoms with Gasteiger partial charge in [0.05, 0.1) is 5.25 Å². The summed E-state index contributed by atoms with van der Waals surface area (Å²) in [6, 6.07) is 22.2. The molecule has 0 spiro atoms. The van der Waals surface area contributed by atoms with Crippen LogP contribution < -0.4 is 10.2 Å². The molecule has 3 aromatic carbocycles. The number of nitriles is 1. The van der Waals surface area contributed by atoms with Crippen molar-refractivity contribution in [2.24, 2.45) is 0 Å². The number of amides is 2. The molecule has 8 heteroatoms. The maximum atomic E-state index is 13.5. The van der Waals surface area contributed by atoms with E-state index in [-0.39, 0.29) is 16.5 Å². The number of hydrogen-bond acceptors (Lipinski definition) is 4. The zero-order chi connectivity index (χ0) is 24.2. The fraction of sp³-hybridized carbons (Fsp3) is 0.115. The molecule has 5 nitrogen and oxygen atoms in total. The summed E-state index contributed by atoms with van der Waals surface area (Å²) in [5.74, 6) is -1.30. The van der Waals surface area contributed by atoms with Crippen LogP contribution in [0, 0.1) is 24.1 Å². The van der Waals surface area contributed by atoms with Crippen molar-refractivity contribution in [3.8, 4) is 6.07 Å². The van der Waals surface area contributed by atoms with Crippen molar-refractivity contribution in [1.82, 2.24) is 0 Å². The minimum absolute atomic E-state index is 0.179. The van der Waals surface area contributed by atoms with E-state index in [2.05, 4.69) is 21.2 Å². The van der Waals surface area contributed by atoms with Gasteiger partial charge < -0.3 is 5.32 Å². The fourth-order valence-electron chi connectivity index (χ4n) is 3.48. The van der Waals surface area contributed by atoms with Gasteiger partial charge in [0.15, 0.2) is 0 Å². The smallest absolute Gasteiger partial charge is 0.269 e. The fourth-order valence-corrected chi connectivity index (χ4v) is 5.05. The van der Waals surface area contributed by atoms with Gasteiger partial charge in [0, 0.05) is 15.8 Å². The molecule has 1 N–H and O–H groups in total. The first-order valence-corrected chi connectivity index (χ1v) is 12.1. The summed E-state index contributed by atoms with van der Waals surface area (Å²) in [6.07, 6.45) is 0.445. The normalized spacial score (nSPS) is 16.8. The van der Waals surface area contributed by atoms with E-state index in [1.54, 1.807) is 12.1 Å². The Morgan fingerprint density at radius 2 is 1.74 bits per heavy atom. The topological polar surface area (TPSA) is 73.2 Å². The molecule has 1 aliphatic rings. The molecule has 0 radical (unpaired) electrons. The summed E-state index contributed by atoms with van der Waals surface area (Å²) in [6.45, 7) is 1.94. The SMILES string of the molecule is Cc1ccc(N2C(=O)C(Cc3ccc(Br)cc3)S/C2=C(\C#N)C(=O)Nc2ccc(F)cc2)cc1. The summed E-state index contributed by atoms with van der Waals surface area (Å²) in [4.78, 5) is 27.9. The molecular formula is C26H19BrFN3O2S. The van der Waals surface area contributed by atoms with Crippen molar-refractivity contribution in [3.63, 3.8) is 0 Å². The van der Waals surface area contributed by atoms with E-state index < -0.39 is 17.0 Å². The van der Waals surface area contributed by atoms with E-state index in [9.17, 15) is 19.2 Å². The van der Waals surface area contributed by atoms with Crippen LogP contribution in [0.3, 0.4) is 0 Å². The van der Waals surface area contributed by atoms with Crippen LogP contribution in [0.1, 0.15) is 11.1 Å². The van der Waals surface area contributed by atoms with E-state index in [1.807, 2.05) is 49.4 Å². The molecular weight excluding hydrogens is 517 g/mol. The zero-order valence-corrected chi connectivity index (χ0v) is 20.5. The van der Waals surface area contributed by atoms with Gasteiger partial charge in [-0.2, -0.15) is 5.26 Å². The van der Waals surface area contributed by atoms with Crippen LogP contribution in [0.5, 0.6) is 0 Å². The second kappa shape index (κ2) is 10.2. The number of rotatable bonds is 5. The lowest BCUT2D eigenvalue weighted by molar-refractivity contribution is -0.117. The molecule has 34 heavy (non-hydrogen) atoms. The Hall–Kier alpha value is -3.41. The lowest BCUT2D eigenvalue weighted by atomic mass is 10.1. The predicted octanol–water partition coefficient (Wildman–Crippen LogP) is 5.96. The number of nitrogens with zero attached hydrogens (tertiary/aromatic N) is 2. The number of carbonyl (C=O) groups excluding carboxylic acids is 2. The van der Waals surface area contributed by atoms with Gasteiger partial charge >= 0.3 is 0 Å². The average Bonchev–Trinajstić information content (AvgIpc) is 3.13. The highest BCUT2D eigenvalue weighted by Crippen LogP contribution is 2.42. The maximum absolute atomic E-state index is 13.5. The minimum atomic E-state index is -0.661. The van der Waals surface area contributed by atoms with Gasteiger partial charge in [0.25, 0.3) is 5.91 Å². The lowest BCUT2D eigenvalue weighted by Gasteiger charge is -2.19. The molecule has 3 aromatic rings. The second-order valence-electron chi connectivity index (χ2n) is 7.70. The summed E-state index contributed by atoms with van der Waals surface area (Å²) in [5.41, 5.74) is 2.74. The number of anilines is 2. The maximum Gasteiger partial charge on any atom is 0.269 e. The molecule has 0 aromatic heterocycles. The van der Waals surface area contributed by atoms with Gasteiger partial charge in [0.2, 0.25) is 5.91 Å². The quantitative estimate of drug-likeness (QED) is 0.323. The molecule has 0 bridgehead atoms. The van der Waals surface area contributed by atoms with E-state index in [4.69, 9.17) is 0 Å². The Bertz CT molecular complexity index is 1300. The number of benzene rings is 3. The van der Waals surface area contributed by atoms with Crippen molar-refractivity contribution < 1.29 is 14.0 Å². The van der Waals surface area contributed by atoms with Crippen LogP contribution in [0.4, 0.5) is 15.8 Å². The van der Waals surface area contributed by atoms with E-state index in [0.717, 1.165) is 15.6 Å². The van der Waals surface area contributed by atoms with Crippen LogP contribution >= 0.6 is 27.7 Å². The van der Waals surface area contributed by atoms with Crippen LogP contribution in [0.15, 0.2) is 87.9 Å². The molecule has 1 unspecified atom stereocenters. The van der Waals surface area contributed by atoms with Crippen molar-refractivity contribution in [1.29, 1.82) is 5.26 Å². The Balaban J connectivity index is 1.71. The third kappa shape index (κ3) is 5.22. The summed E-state index contributed by atoms with van der Waals surface area (Å²) >= 11 is 4.61. The van der Waals surface area contributed by atoms with Crippen molar-refractivity contribution in [2.45, 2.75) is 18.6 Å². The first kappa shape index (κ1) is 23.7. The molecule has 1 fully saturated rings. The molecule has 0 aliphatic carbocycles. The summed E-state index contributed by atoms with van der Waals surface area (Å²) in [5, 5.41) is 12.3. The van der Waals surface area contributed by atoms with Gasteiger partial charge in [0.1, 0.15) is 22.5 Å². The van der Waals surface area contributed by atoms with Crippen LogP contribution in [0.25, 0.3) is 0 Å². The van der Waals surface area contributed by atoms with Gasteiger partial charge in [-0.15, -0.1) is 0 Å². The number of hydrogen-bond donors (Lipinski definition) is 1. The molecule has 170 valence electrons. The number of nitrogens with one attached hydrogen (secondary N) is 1. The molecule has 1 saturated heterocycles. The van der Waals surface area contributed by atoms with Gasteiger partial charge in [-0.05, 0) is 67.4 Å². The molecule has 1 aliphatic heterocycles. The van der Waals surface area contributed by atoms with E-state index >= 15 is 0 Å².